The molecule has 0 radical (unpaired) electrons. The normalized spacial score (nSPS) is 22.2. The number of aliphatic hydroxyl groups excluding tert-OH is 1. The summed E-state index contributed by atoms with van der Waals surface area (Å²) in [5.74, 6) is -0.410. The number of alkyl halides is 3. The van der Waals surface area contributed by atoms with Gasteiger partial charge in [0.05, 0.1) is 11.7 Å². The van der Waals surface area contributed by atoms with E-state index in [1.165, 1.54) is 17.8 Å². The van der Waals surface area contributed by atoms with Crippen molar-refractivity contribution < 1.29 is 22.7 Å². The zero-order valence-corrected chi connectivity index (χ0v) is 10.2. The molecule has 2 atom stereocenters. The van der Waals surface area contributed by atoms with Crippen LogP contribution in [0, 0.1) is 5.82 Å². The molecule has 0 saturated carbocycles. The van der Waals surface area contributed by atoms with Crippen molar-refractivity contribution >= 4 is 11.8 Å². The Labute approximate surface area is 106 Å². The van der Waals surface area contributed by atoms with Crippen LogP contribution in [0.4, 0.5) is 17.6 Å². The highest BCUT2D eigenvalue weighted by Gasteiger charge is 2.35. The fraction of sp³-hybridized carbons (Fsp3) is 0.500. The monoisotopic (exact) mass is 280 g/mol. The molecule has 100 valence electrons. The van der Waals surface area contributed by atoms with Crippen molar-refractivity contribution in [3.8, 4) is 0 Å². The van der Waals surface area contributed by atoms with Crippen LogP contribution in [0.5, 0.6) is 0 Å². The maximum atomic E-state index is 13.1. The first kappa shape index (κ1) is 13.7. The summed E-state index contributed by atoms with van der Waals surface area (Å²) in [5, 5.41) is 9.89. The summed E-state index contributed by atoms with van der Waals surface area (Å²) >= 11 is 1.54. The summed E-state index contributed by atoms with van der Waals surface area (Å²) < 4.78 is 50.7. The zero-order chi connectivity index (χ0) is 13.3. The Bertz CT molecular complexity index is 427. The van der Waals surface area contributed by atoms with E-state index in [4.69, 9.17) is 0 Å². The van der Waals surface area contributed by atoms with Crippen LogP contribution >= 0.6 is 11.8 Å². The summed E-state index contributed by atoms with van der Waals surface area (Å²) in [6.07, 6.45) is -3.99. The first-order chi connectivity index (χ1) is 8.39. The van der Waals surface area contributed by atoms with E-state index >= 15 is 0 Å². The highest BCUT2D eigenvalue weighted by atomic mass is 32.2. The topological polar surface area (TPSA) is 20.2 Å². The highest BCUT2D eigenvalue weighted by molar-refractivity contribution is 8.00. The van der Waals surface area contributed by atoms with Gasteiger partial charge in [-0.3, -0.25) is 0 Å². The molecule has 1 aromatic rings. The van der Waals surface area contributed by atoms with Crippen LogP contribution < -0.4 is 0 Å². The Morgan fingerprint density at radius 2 is 2.06 bits per heavy atom. The molecule has 1 aromatic carbocycles. The third kappa shape index (κ3) is 2.80. The van der Waals surface area contributed by atoms with Crippen LogP contribution in [0.25, 0.3) is 0 Å². The molecule has 0 bridgehead atoms. The average molecular weight is 280 g/mol. The number of halogens is 4. The van der Waals surface area contributed by atoms with E-state index in [2.05, 4.69) is 0 Å². The van der Waals surface area contributed by atoms with Crippen molar-refractivity contribution in [3.63, 3.8) is 0 Å². The van der Waals surface area contributed by atoms with E-state index in [-0.39, 0.29) is 10.8 Å². The first-order valence-corrected chi connectivity index (χ1v) is 6.61. The van der Waals surface area contributed by atoms with Gasteiger partial charge in [0.25, 0.3) is 0 Å². The van der Waals surface area contributed by atoms with Crippen molar-refractivity contribution in [1.29, 1.82) is 0 Å². The maximum Gasteiger partial charge on any atom is 0.419 e. The van der Waals surface area contributed by atoms with Crippen molar-refractivity contribution in [2.75, 3.05) is 5.75 Å². The number of hydrogen-bond acceptors (Lipinski definition) is 2. The van der Waals surface area contributed by atoms with Gasteiger partial charge < -0.3 is 5.11 Å². The lowest BCUT2D eigenvalue weighted by atomic mass is 10.0. The maximum absolute atomic E-state index is 13.1. The summed E-state index contributed by atoms with van der Waals surface area (Å²) in [5.41, 5.74) is -1.19. The SMILES string of the molecule is OC(c1ccc(F)c(C(F)(F)F)c1)C1CCCS1. The quantitative estimate of drug-likeness (QED) is 0.832. The molecule has 6 heteroatoms. The molecule has 2 rings (SSSR count). The van der Waals surface area contributed by atoms with E-state index in [1.54, 1.807) is 0 Å². The summed E-state index contributed by atoms with van der Waals surface area (Å²) in [6.45, 7) is 0. The van der Waals surface area contributed by atoms with Gasteiger partial charge >= 0.3 is 6.18 Å². The molecular weight excluding hydrogens is 268 g/mol. The number of thioether (sulfide) groups is 1. The molecule has 1 aliphatic heterocycles. The Kier molecular flexibility index (Phi) is 3.87. The smallest absolute Gasteiger partial charge is 0.387 e. The van der Waals surface area contributed by atoms with E-state index < -0.39 is 23.7 Å². The van der Waals surface area contributed by atoms with E-state index in [0.29, 0.717) is 6.07 Å². The molecule has 2 unspecified atom stereocenters. The van der Waals surface area contributed by atoms with Crippen molar-refractivity contribution in [1.82, 2.24) is 0 Å². The molecule has 18 heavy (non-hydrogen) atoms. The van der Waals surface area contributed by atoms with Crippen LogP contribution in [-0.2, 0) is 6.18 Å². The second-order valence-electron chi connectivity index (χ2n) is 4.23. The number of hydrogen-bond donors (Lipinski definition) is 1. The van der Waals surface area contributed by atoms with Crippen LogP contribution in [0.2, 0.25) is 0 Å². The second-order valence-corrected chi connectivity index (χ2v) is 5.58. The average Bonchev–Trinajstić information content (AvgIpc) is 2.80. The third-order valence-corrected chi connectivity index (χ3v) is 4.40. The van der Waals surface area contributed by atoms with Gasteiger partial charge in [0.1, 0.15) is 5.82 Å². The molecule has 0 amide bonds. The van der Waals surface area contributed by atoms with Crippen LogP contribution in [0.15, 0.2) is 18.2 Å². The van der Waals surface area contributed by atoms with Gasteiger partial charge in [-0.25, -0.2) is 4.39 Å². The fourth-order valence-electron chi connectivity index (χ4n) is 2.01. The van der Waals surface area contributed by atoms with Crippen molar-refractivity contribution in [3.05, 3.63) is 35.1 Å². The highest BCUT2D eigenvalue weighted by Crippen LogP contribution is 2.38. The Balaban J connectivity index is 2.28. The molecule has 1 N–H and O–H groups in total. The molecule has 1 fully saturated rings. The van der Waals surface area contributed by atoms with E-state index in [9.17, 15) is 22.7 Å². The van der Waals surface area contributed by atoms with Crippen LogP contribution in [0.1, 0.15) is 30.1 Å². The Morgan fingerprint density at radius 1 is 1.33 bits per heavy atom. The van der Waals surface area contributed by atoms with E-state index in [1.807, 2.05) is 0 Å². The lowest BCUT2D eigenvalue weighted by molar-refractivity contribution is -0.140. The van der Waals surface area contributed by atoms with Gasteiger partial charge in [-0.2, -0.15) is 24.9 Å². The zero-order valence-electron chi connectivity index (χ0n) is 9.38. The Hall–Kier alpha value is -0.750. The number of aliphatic hydroxyl groups is 1. The van der Waals surface area contributed by atoms with Gasteiger partial charge in [0, 0.05) is 5.25 Å². The van der Waals surface area contributed by atoms with Gasteiger partial charge in [-0.1, -0.05) is 6.07 Å². The largest absolute Gasteiger partial charge is 0.419 e. The predicted molar refractivity (Wildman–Crippen MR) is 61.8 cm³/mol. The summed E-state index contributed by atoms with van der Waals surface area (Å²) in [7, 11) is 0. The molecule has 1 saturated heterocycles. The molecular formula is C12H12F4OS. The number of rotatable bonds is 2. The molecule has 0 spiro atoms. The van der Waals surface area contributed by atoms with E-state index in [0.717, 1.165) is 24.7 Å². The lowest BCUT2D eigenvalue weighted by Gasteiger charge is -2.19. The van der Waals surface area contributed by atoms with Gasteiger partial charge in [-0.15, -0.1) is 0 Å². The van der Waals surface area contributed by atoms with Crippen LogP contribution in [-0.4, -0.2) is 16.1 Å². The summed E-state index contributed by atoms with van der Waals surface area (Å²) in [6, 6.07) is 2.69. The molecule has 1 nitrogen and oxygen atoms in total. The predicted octanol–water partition coefficient (Wildman–Crippen LogP) is 3.77. The minimum atomic E-state index is -4.73. The van der Waals surface area contributed by atoms with Crippen molar-refractivity contribution in [2.24, 2.45) is 0 Å². The van der Waals surface area contributed by atoms with Gasteiger partial charge in [0.2, 0.25) is 0 Å². The molecule has 1 aliphatic rings. The molecule has 0 aliphatic carbocycles. The number of benzene rings is 1. The second kappa shape index (κ2) is 5.09. The molecule has 0 aromatic heterocycles. The minimum Gasteiger partial charge on any atom is -0.387 e. The first-order valence-electron chi connectivity index (χ1n) is 5.56. The van der Waals surface area contributed by atoms with Gasteiger partial charge in [0.15, 0.2) is 0 Å². The lowest BCUT2D eigenvalue weighted by Crippen LogP contribution is -2.14. The van der Waals surface area contributed by atoms with Crippen LogP contribution in [0.3, 0.4) is 0 Å². The van der Waals surface area contributed by atoms with Gasteiger partial charge in [-0.05, 0) is 36.3 Å². The standard InChI is InChI=1S/C12H12F4OS/c13-9-4-3-7(6-8(9)12(14,15)16)11(17)10-2-1-5-18-10/h3-4,6,10-11,17H,1-2,5H2. The minimum absolute atomic E-state index is 0.100. The molecule has 1 heterocycles. The van der Waals surface area contributed by atoms with Crippen molar-refractivity contribution in [2.45, 2.75) is 30.4 Å². The fourth-order valence-corrected chi connectivity index (χ4v) is 3.32. The third-order valence-electron chi connectivity index (χ3n) is 2.95. The Morgan fingerprint density at radius 3 is 2.61 bits per heavy atom. The summed E-state index contributed by atoms with van der Waals surface area (Å²) in [4.78, 5) is 0.